The Morgan fingerprint density at radius 2 is 2.10 bits per heavy atom. The normalized spacial score (nSPS) is 17.9. The fourth-order valence-electron chi connectivity index (χ4n) is 2.17. The summed E-state index contributed by atoms with van der Waals surface area (Å²) in [6, 6.07) is 0.446. The lowest BCUT2D eigenvalue weighted by Gasteiger charge is -2.28. The van der Waals surface area contributed by atoms with E-state index in [4.69, 9.17) is 9.84 Å². The molecule has 1 aromatic rings. The molecule has 1 fully saturated rings. The van der Waals surface area contributed by atoms with Crippen molar-refractivity contribution in [3.63, 3.8) is 0 Å². The van der Waals surface area contributed by atoms with E-state index in [0.717, 1.165) is 13.1 Å². The fourth-order valence-corrected chi connectivity index (χ4v) is 2.17. The number of rotatable bonds is 4. The highest BCUT2D eigenvalue weighted by Crippen LogP contribution is 2.15. The summed E-state index contributed by atoms with van der Waals surface area (Å²) >= 11 is 0. The summed E-state index contributed by atoms with van der Waals surface area (Å²) in [5, 5.41) is 18.6. The highest BCUT2D eigenvalue weighted by Gasteiger charge is 2.19. The van der Waals surface area contributed by atoms with Gasteiger partial charge in [-0.1, -0.05) is 0 Å². The molecule has 20 heavy (non-hydrogen) atoms. The zero-order chi connectivity index (χ0) is 14.7. The van der Waals surface area contributed by atoms with Gasteiger partial charge in [0.05, 0.1) is 19.4 Å². The largest absolute Gasteiger partial charge is 0.503 e. The first-order chi connectivity index (χ1) is 9.49. The van der Waals surface area contributed by atoms with E-state index in [-0.39, 0.29) is 0 Å². The summed E-state index contributed by atoms with van der Waals surface area (Å²) in [6.07, 6.45) is 1.19. The Kier molecular flexibility index (Phi) is 4.41. The van der Waals surface area contributed by atoms with Gasteiger partial charge in [0.15, 0.2) is 5.75 Å². The Bertz CT molecular complexity index is 548. The molecule has 1 atom stereocenters. The molecule has 0 aliphatic carbocycles. The first kappa shape index (κ1) is 14.5. The predicted octanol–water partition coefficient (Wildman–Crippen LogP) is 0.0317. The van der Waals surface area contributed by atoms with Gasteiger partial charge in [-0.15, -0.1) is 0 Å². The van der Waals surface area contributed by atoms with Crippen molar-refractivity contribution in [3.05, 3.63) is 28.2 Å². The number of nitrogens with zero attached hydrogens (tertiary/aromatic N) is 2. The maximum Gasteiger partial charge on any atom is 0.326 e. The molecule has 1 aliphatic heterocycles. The average Bonchev–Trinajstić information content (AvgIpc) is 2.43. The van der Waals surface area contributed by atoms with E-state index in [1.165, 1.54) is 23.8 Å². The number of carboxylic acid groups (broad SMARTS) is 1. The zero-order valence-electron chi connectivity index (χ0n) is 11.3. The summed E-state index contributed by atoms with van der Waals surface area (Å²) in [5.74, 6) is -1.46. The lowest BCUT2D eigenvalue weighted by Crippen LogP contribution is -2.37. The number of ether oxygens (including phenoxy) is 1. The van der Waals surface area contributed by atoms with E-state index in [1.807, 2.05) is 0 Å². The van der Waals surface area contributed by atoms with E-state index in [9.17, 15) is 14.7 Å². The minimum atomic E-state index is -1.02. The summed E-state index contributed by atoms with van der Waals surface area (Å²) < 4.78 is 6.68. The van der Waals surface area contributed by atoms with Crippen molar-refractivity contribution in [1.82, 2.24) is 9.47 Å². The summed E-state index contributed by atoms with van der Waals surface area (Å²) in [6.45, 7) is 4.67. The van der Waals surface area contributed by atoms with Crippen LogP contribution in [0, 0.1) is 0 Å². The number of aromatic hydroxyl groups is 1. The van der Waals surface area contributed by atoms with Crippen LogP contribution in [0.1, 0.15) is 18.7 Å². The van der Waals surface area contributed by atoms with E-state index in [1.54, 1.807) is 0 Å². The van der Waals surface area contributed by atoms with Gasteiger partial charge >= 0.3 is 5.97 Å². The van der Waals surface area contributed by atoms with Gasteiger partial charge in [0.1, 0.15) is 6.04 Å². The lowest BCUT2D eigenvalue weighted by atomic mass is 10.2. The van der Waals surface area contributed by atoms with Crippen molar-refractivity contribution in [2.75, 3.05) is 26.3 Å². The molecule has 1 aliphatic rings. The van der Waals surface area contributed by atoms with Gasteiger partial charge in [0, 0.05) is 31.4 Å². The standard InChI is InChI=1S/C13H18N2O5/c1-9(13(18)19)15-8-12(17)11(16)6-10(15)7-14-2-4-20-5-3-14/h6,8-9,17H,2-5,7H2,1H3,(H,18,19). The molecule has 0 bridgehead atoms. The number of morpholine rings is 1. The third kappa shape index (κ3) is 3.17. The Balaban J connectivity index is 2.31. The molecule has 110 valence electrons. The Morgan fingerprint density at radius 3 is 2.70 bits per heavy atom. The number of carbonyl (C=O) groups is 1. The van der Waals surface area contributed by atoms with Crippen molar-refractivity contribution in [2.45, 2.75) is 19.5 Å². The molecule has 0 amide bonds. The molecule has 1 unspecified atom stereocenters. The van der Waals surface area contributed by atoms with Gasteiger partial charge in [-0.25, -0.2) is 4.79 Å². The molecule has 2 rings (SSSR count). The molecule has 1 aromatic heterocycles. The molecular formula is C13H18N2O5. The second kappa shape index (κ2) is 6.06. The Labute approximate surface area is 116 Å². The smallest absolute Gasteiger partial charge is 0.326 e. The first-order valence-corrected chi connectivity index (χ1v) is 6.46. The third-order valence-electron chi connectivity index (χ3n) is 3.41. The number of pyridine rings is 1. The molecular weight excluding hydrogens is 264 g/mol. The summed E-state index contributed by atoms with van der Waals surface area (Å²) in [7, 11) is 0. The van der Waals surface area contributed by atoms with Crippen LogP contribution < -0.4 is 5.43 Å². The highest BCUT2D eigenvalue weighted by molar-refractivity contribution is 5.71. The fraction of sp³-hybridized carbons (Fsp3) is 0.538. The van der Waals surface area contributed by atoms with Gasteiger partial charge < -0.3 is 19.5 Å². The first-order valence-electron chi connectivity index (χ1n) is 6.46. The van der Waals surface area contributed by atoms with E-state index < -0.39 is 23.2 Å². The minimum absolute atomic E-state index is 0.441. The molecule has 0 spiro atoms. The monoisotopic (exact) mass is 282 g/mol. The van der Waals surface area contributed by atoms with Crippen molar-refractivity contribution in [1.29, 1.82) is 0 Å². The maximum atomic E-state index is 11.6. The Morgan fingerprint density at radius 1 is 1.45 bits per heavy atom. The lowest BCUT2D eigenvalue weighted by molar-refractivity contribution is -0.140. The second-order valence-electron chi connectivity index (χ2n) is 4.82. The van der Waals surface area contributed by atoms with Crippen LogP contribution in [0.2, 0.25) is 0 Å². The van der Waals surface area contributed by atoms with Crippen LogP contribution in [0.5, 0.6) is 5.75 Å². The van der Waals surface area contributed by atoms with E-state index in [0.29, 0.717) is 25.5 Å². The SMILES string of the molecule is CC(C(=O)O)n1cc(O)c(=O)cc1CN1CCOCC1. The van der Waals surface area contributed by atoms with Gasteiger partial charge in [-0.2, -0.15) is 0 Å². The van der Waals surface area contributed by atoms with Gasteiger partial charge in [0.2, 0.25) is 5.43 Å². The van der Waals surface area contributed by atoms with E-state index >= 15 is 0 Å². The average molecular weight is 282 g/mol. The molecule has 0 radical (unpaired) electrons. The minimum Gasteiger partial charge on any atom is -0.503 e. The van der Waals surface area contributed by atoms with Crippen LogP contribution in [0.25, 0.3) is 0 Å². The van der Waals surface area contributed by atoms with Crippen LogP contribution in [0.4, 0.5) is 0 Å². The van der Waals surface area contributed by atoms with Crippen LogP contribution in [0.15, 0.2) is 17.1 Å². The van der Waals surface area contributed by atoms with Gasteiger partial charge in [-0.05, 0) is 6.92 Å². The summed E-state index contributed by atoms with van der Waals surface area (Å²) in [5.41, 5.74) is 0.0756. The number of aromatic nitrogens is 1. The molecule has 0 aromatic carbocycles. The van der Waals surface area contributed by atoms with E-state index in [2.05, 4.69) is 4.90 Å². The third-order valence-corrected chi connectivity index (χ3v) is 3.41. The Hall–Kier alpha value is -1.86. The summed E-state index contributed by atoms with van der Waals surface area (Å²) in [4.78, 5) is 24.8. The molecule has 2 heterocycles. The molecule has 7 heteroatoms. The van der Waals surface area contributed by atoms with Crippen LogP contribution in [-0.2, 0) is 16.1 Å². The van der Waals surface area contributed by atoms with Gasteiger partial charge in [0.25, 0.3) is 0 Å². The topological polar surface area (TPSA) is 92.0 Å². The van der Waals surface area contributed by atoms with Crippen molar-refractivity contribution >= 4 is 5.97 Å². The number of carboxylic acids is 1. The van der Waals surface area contributed by atoms with Gasteiger partial charge in [-0.3, -0.25) is 9.69 Å². The predicted molar refractivity (Wildman–Crippen MR) is 70.8 cm³/mol. The van der Waals surface area contributed by atoms with Crippen molar-refractivity contribution in [3.8, 4) is 5.75 Å². The molecule has 0 saturated carbocycles. The number of hydrogen-bond donors (Lipinski definition) is 2. The van der Waals surface area contributed by atoms with Crippen LogP contribution in [0.3, 0.4) is 0 Å². The molecule has 2 N–H and O–H groups in total. The highest BCUT2D eigenvalue weighted by atomic mass is 16.5. The van der Waals surface area contributed by atoms with Crippen molar-refractivity contribution < 1.29 is 19.7 Å². The maximum absolute atomic E-state index is 11.6. The number of aliphatic carboxylic acids is 1. The van der Waals surface area contributed by atoms with Crippen LogP contribution in [-0.4, -0.2) is 52.0 Å². The zero-order valence-corrected chi connectivity index (χ0v) is 11.3. The number of hydrogen-bond acceptors (Lipinski definition) is 5. The molecule has 7 nitrogen and oxygen atoms in total. The van der Waals surface area contributed by atoms with Crippen molar-refractivity contribution in [2.24, 2.45) is 0 Å². The van der Waals surface area contributed by atoms with Crippen LogP contribution >= 0.6 is 0 Å². The quantitative estimate of drug-likeness (QED) is 0.809. The molecule has 1 saturated heterocycles. The second-order valence-corrected chi connectivity index (χ2v) is 4.82.